The first-order chi connectivity index (χ1) is 18.3. The van der Waals surface area contributed by atoms with Crippen LogP contribution in [-0.4, -0.2) is 40.2 Å². The summed E-state index contributed by atoms with van der Waals surface area (Å²) in [4.78, 5) is 5.98. The smallest absolute Gasteiger partial charge is 0.324 e. The number of fused-ring (bicyclic) bond motifs is 11. The van der Waals surface area contributed by atoms with Crippen LogP contribution in [0, 0.1) is 18.8 Å². The summed E-state index contributed by atoms with van der Waals surface area (Å²) < 4.78 is 0. The molecule has 0 fully saturated rings. The van der Waals surface area contributed by atoms with Crippen molar-refractivity contribution in [3.63, 3.8) is 0 Å². The monoisotopic (exact) mass is 582 g/mol. The molecule has 0 atom stereocenters. The molecule has 3 aliphatic heterocycles. The van der Waals surface area contributed by atoms with Crippen molar-refractivity contribution >= 4 is 41.2 Å². The van der Waals surface area contributed by atoms with Crippen LogP contribution >= 0.6 is 0 Å². The molecule has 0 saturated heterocycles. The summed E-state index contributed by atoms with van der Waals surface area (Å²) >= 11 is 0. The Morgan fingerprint density at radius 3 is 1.89 bits per heavy atom. The Hall–Kier alpha value is -4.18. The number of rotatable bonds is 2. The fourth-order valence-corrected chi connectivity index (χ4v) is 5.64. The third kappa shape index (κ3) is 3.29. The van der Waals surface area contributed by atoms with Gasteiger partial charge >= 0.3 is 6.85 Å². The van der Waals surface area contributed by atoms with Gasteiger partial charge in [0.25, 0.3) is 0 Å². The van der Waals surface area contributed by atoms with Gasteiger partial charge in [0.2, 0.25) is 0 Å². The zero-order valence-corrected chi connectivity index (χ0v) is 21.8. The van der Waals surface area contributed by atoms with Crippen molar-refractivity contribution in [1.29, 1.82) is 0 Å². The molecule has 0 saturated carbocycles. The SMILES string of the molecule is CN1[CH-]N(c2[c-]c3c(cc2)-c2ccccc2B2c4ccccc4-c4ccc(-n5nccn5)[c-]c4N23)C=N1.[Pd]. The zero-order chi connectivity index (χ0) is 24.5. The van der Waals surface area contributed by atoms with Gasteiger partial charge in [-0.15, -0.1) is 47.7 Å². The van der Waals surface area contributed by atoms with Gasteiger partial charge in [0.1, 0.15) is 0 Å². The largest absolute Gasteiger partial charge is 0.483 e. The number of hydrogen-bond donors (Lipinski definition) is 0. The summed E-state index contributed by atoms with van der Waals surface area (Å²) in [7, 11) is 1.92. The van der Waals surface area contributed by atoms with Crippen LogP contribution < -0.4 is 20.6 Å². The van der Waals surface area contributed by atoms with Crippen molar-refractivity contribution in [2.24, 2.45) is 5.10 Å². The summed E-state index contributed by atoms with van der Waals surface area (Å²) in [5.41, 5.74) is 10.9. The van der Waals surface area contributed by atoms with E-state index in [2.05, 4.69) is 99.0 Å². The molecule has 3 aliphatic rings. The van der Waals surface area contributed by atoms with Gasteiger partial charge in [-0.3, -0.25) is 0 Å². The van der Waals surface area contributed by atoms with Gasteiger partial charge in [0.05, 0.1) is 18.7 Å². The van der Waals surface area contributed by atoms with Crippen molar-refractivity contribution in [2.75, 3.05) is 16.8 Å². The molecule has 0 radical (unpaired) electrons. The van der Waals surface area contributed by atoms with Crippen LogP contribution in [0.15, 0.2) is 90.3 Å². The van der Waals surface area contributed by atoms with E-state index in [0.29, 0.717) is 0 Å². The summed E-state index contributed by atoms with van der Waals surface area (Å²) in [5, 5.41) is 14.8. The number of aromatic nitrogens is 3. The maximum absolute atomic E-state index is 4.36. The van der Waals surface area contributed by atoms with Gasteiger partial charge < -0.3 is 14.7 Å². The molecule has 5 aromatic rings. The number of nitrogens with zero attached hydrogens (tertiary/aromatic N) is 7. The fraction of sp³-hybridized carbons (Fsp3) is 0.0345. The Bertz CT molecular complexity index is 1720. The van der Waals surface area contributed by atoms with Gasteiger partial charge in [-0.1, -0.05) is 82.0 Å². The van der Waals surface area contributed by atoms with Crippen LogP contribution in [0.1, 0.15) is 0 Å². The molecular weight excluding hydrogens is 564 g/mol. The first-order valence-electron chi connectivity index (χ1n) is 12.1. The molecule has 0 unspecified atom stereocenters. The maximum atomic E-state index is 4.36. The Labute approximate surface area is 234 Å². The number of hydrazone groups is 1. The molecule has 8 rings (SSSR count). The molecule has 1 aromatic heterocycles. The van der Waals surface area contributed by atoms with Crippen LogP contribution in [0.3, 0.4) is 0 Å². The average molecular weight is 583 g/mol. The predicted molar refractivity (Wildman–Crippen MR) is 147 cm³/mol. The molecule has 7 nitrogen and oxygen atoms in total. The fourth-order valence-electron chi connectivity index (χ4n) is 5.64. The molecule has 9 heteroatoms. The van der Waals surface area contributed by atoms with Crippen molar-refractivity contribution in [3.05, 3.63) is 104 Å². The summed E-state index contributed by atoms with van der Waals surface area (Å²) in [6, 6.07) is 33.2. The first-order valence-corrected chi connectivity index (χ1v) is 12.1. The average Bonchev–Trinajstić information content (AvgIpc) is 3.65. The number of anilines is 3. The Morgan fingerprint density at radius 1 is 0.711 bits per heavy atom. The second-order valence-electron chi connectivity index (χ2n) is 9.30. The van der Waals surface area contributed by atoms with E-state index >= 15 is 0 Å². The van der Waals surface area contributed by atoms with Crippen LogP contribution in [0.25, 0.3) is 27.9 Å². The quantitative estimate of drug-likeness (QED) is 0.235. The molecule has 186 valence electrons. The minimum absolute atomic E-state index is 0. The van der Waals surface area contributed by atoms with E-state index in [1.807, 2.05) is 24.7 Å². The van der Waals surface area contributed by atoms with Crippen LogP contribution in [0.5, 0.6) is 0 Å². The van der Waals surface area contributed by atoms with E-state index in [1.165, 1.54) is 22.1 Å². The van der Waals surface area contributed by atoms with Crippen molar-refractivity contribution < 1.29 is 20.4 Å². The molecular formula is C29H19BN7Pd-3. The first kappa shape index (κ1) is 23.0. The van der Waals surface area contributed by atoms with Gasteiger partial charge in [-0.2, -0.15) is 27.1 Å². The third-order valence-electron chi connectivity index (χ3n) is 7.21. The molecule has 0 N–H and O–H groups in total. The predicted octanol–water partition coefficient (Wildman–Crippen LogP) is 3.58. The van der Waals surface area contributed by atoms with E-state index < -0.39 is 0 Å². The Balaban J connectivity index is 0.00000242. The molecule has 0 bridgehead atoms. The van der Waals surface area contributed by atoms with E-state index in [4.69, 9.17) is 0 Å². The summed E-state index contributed by atoms with van der Waals surface area (Å²) in [6.45, 7) is 1.93. The van der Waals surface area contributed by atoms with Gasteiger partial charge in [0, 0.05) is 20.4 Å². The second-order valence-corrected chi connectivity index (χ2v) is 9.30. The van der Waals surface area contributed by atoms with Gasteiger partial charge in [-0.25, -0.2) is 5.10 Å². The molecule has 0 spiro atoms. The van der Waals surface area contributed by atoms with Gasteiger partial charge in [-0.05, 0) is 12.7 Å². The maximum Gasteiger partial charge on any atom is 0.324 e. The van der Waals surface area contributed by atoms with E-state index in [-0.39, 0.29) is 27.3 Å². The standard InChI is InChI=1S/C29H19BN7.Pd/c1-34-19-35(18-33-34)20-10-12-24-22-6-2-4-8-26(22)30-27-9-5-3-7-23(27)25-13-11-21(37-31-14-15-32-37)17-29(25)36(30)28(24)16-20;/h2-15,18-19H,1H3;/q-3;. The molecule has 4 aromatic carbocycles. The topological polar surface area (TPSA) is 52.8 Å². The second kappa shape index (κ2) is 8.69. The van der Waals surface area contributed by atoms with Crippen LogP contribution in [0.4, 0.5) is 17.1 Å². The number of benzene rings is 4. The van der Waals surface area contributed by atoms with Crippen molar-refractivity contribution in [2.45, 2.75) is 0 Å². The summed E-state index contributed by atoms with van der Waals surface area (Å²) in [5.74, 6) is 0. The Kier molecular flexibility index (Phi) is 5.26. The third-order valence-corrected chi connectivity index (χ3v) is 7.21. The van der Waals surface area contributed by atoms with Crippen molar-refractivity contribution in [3.8, 4) is 27.9 Å². The van der Waals surface area contributed by atoms with E-state index in [0.717, 1.165) is 33.9 Å². The molecule has 38 heavy (non-hydrogen) atoms. The minimum Gasteiger partial charge on any atom is -0.483 e. The van der Waals surface area contributed by atoms with Crippen LogP contribution in [-0.2, 0) is 20.4 Å². The zero-order valence-electron chi connectivity index (χ0n) is 20.3. The Morgan fingerprint density at radius 2 is 1.29 bits per heavy atom. The van der Waals surface area contributed by atoms with Crippen LogP contribution in [0.2, 0.25) is 0 Å². The minimum atomic E-state index is -0.0186. The molecule has 0 aliphatic carbocycles. The normalized spacial score (nSPS) is 14.3. The van der Waals surface area contributed by atoms with E-state index in [9.17, 15) is 0 Å². The summed E-state index contributed by atoms with van der Waals surface area (Å²) in [6.07, 6.45) is 5.17. The van der Waals surface area contributed by atoms with E-state index in [1.54, 1.807) is 28.5 Å². The van der Waals surface area contributed by atoms with Crippen molar-refractivity contribution in [1.82, 2.24) is 20.0 Å². The number of hydrogen-bond acceptors (Lipinski definition) is 6. The van der Waals surface area contributed by atoms with Gasteiger partial charge in [0.15, 0.2) is 0 Å². The molecule has 4 heterocycles. The molecule has 0 amide bonds.